The van der Waals surface area contributed by atoms with Gasteiger partial charge in [-0.05, 0) is 61.3 Å². The van der Waals surface area contributed by atoms with Crippen LogP contribution >= 0.6 is 0 Å². The summed E-state index contributed by atoms with van der Waals surface area (Å²) in [5.41, 5.74) is 0.955. The lowest BCUT2D eigenvalue weighted by Crippen LogP contribution is -2.42. The van der Waals surface area contributed by atoms with Crippen LogP contribution in [0.3, 0.4) is 0 Å². The number of aliphatic hydroxyl groups is 2. The van der Waals surface area contributed by atoms with Crippen LogP contribution in [0.5, 0.6) is 11.5 Å². The number of fused-ring (bicyclic) bond motifs is 2. The molecule has 5 nitrogen and oxygen atoms in total. The standard InChI is InChI=1S/C27H36O5/c1-16(7-8-18-11-19(28)10-17(2)24(18)32)9-20(29)13-26(5)15-22-23(31)12-21(30)14-27(26,6)25(22,3)4/h7,10-12,14,22,28,30-32H,8-9,13,15H2,1-6H3/b16-7+/t22-,26+,27+/m0/s1. The van der Waals surface area contributed by atoms with Gasteiger partial charge >= 0.3 is 0 Å². The van der Waals surface area contributed by atoms with Gasteiger partial charge in [-0.1, -0.05) is 39.3 Å². The number of Topliss-reactive ketones (excluding diaryl/α,β-unsaturated/α-hetero) is 1. The maximum absolute atomic E-state index is 13.1. The summed E-state index contributed by atoms with van der Waals surface area (Å²) in [4.78, 5) is 13.1. The highest BCUT2D eigenvalue weighted by molar-refractivity contribution is 5.81. The lowest BCUT2D eigenvalue weighted by atomic mass is 9.56. The number of aryl methyl sites for hydroxylation is 1. The molecule has 0 unspecified atom stereocenters. The van der Waals surface area contributed by atoms with Crippen LogP contribution in [-0.2, 0) is 11.2 Å². The van der Waals surface area contributed by atoms with Crippen molar-refractivity contribution in [1.82, 2.24) is 0 Å². The Bertz CT molecular complexity index is 1030. The highest BCUT2D eigenvalue weighted by Crippen LogP contribution is 2.69. The van der Waals surface area contributed by atoms with Gasteiger partial charge in [0.2, 0.25) is 0 Å². The quantitative estimate of drug-likeness (QED) is 0.312. The monoisotopic (exact) mass is 440 g/mol. The van der Waals surface area contributed by atoms with Gasteiger partial charge in [0.05, 0.1) is 5.76 Å². The van der Waals surface area contributed by atoms with E-state index >= 15 is 0 Å². The predicted molar refractivity (Wildman–Crippen MR) is 126 cm³/mol. The van der Waals surface area contributed by atoms with E-state index in [-0.39, 0.29) is 40.1 Å². The molecule has 174 valence electrons. The first-order chi connectivity index (χ1) is 14.7. The molecule has 0 spiro atoms. The summed E-state index contributed by atoms with van der Waals surface area (Å²) in [5.74, 6) is 0.488. The molecule has 0 radical (unpaired) electrons. The molecular formula is C27H36O5. The molecule has 0 aliphatic heterocycles. The lowest BCUT2D eigenvalue weighted by molar-refractivity contribution is -0.122. The summed E-state index contributed by atoms with van der Waals surface area (Å²) >= 11 is 0. The number of rotatable bonds is 6. The van der Waals surface area contributed by atoms with E-state index in [2.05, 4.69) is 27.7 Å². The molecule has 3 atom stereocenters. The molecule has 3 rings (SSSR count). The Labute approximate surface area is 190 Å². The maximum atomic E-state index is 13.1. The fourth-order valence-corrected chi connectivity index (χ4v) is 5.89. The van der Waals surface area contributed by atoms with Crippen LogP contribution in [0.1, 0.15) is 65.0 Å². The van der Waals surface area contributed by atoms with E-state index in [1.54, 1.807) is 13.0 Å². The first-order valence-corrected chi connectivity index (χ1v) is 11.2. The number of carbonyl (C=O) groups excluding carboxylic acids is 1. The molecule has 32 heavy (non-hydrogen) atoms. The van der Waals surface area contributed by atoms with Crippen molar-refractivity contribution >= 4 is 5.78 Å². The number of ketones is 1. The number of allylic oxidation sites excluding steroid dienone is 5. The third-order valence-electron chi connectivity index (χ3n) is 8.31. The van der Waals surface area contributed by atoms with Gasteiger partial charge < -0.3 is 20.4 Å². The molecule has 2 aliphatic rings. The van der Waals surface area contributed by atoms with Gasteiger partial charge in [-0.25, -0.2) is 0 Å². The molecule has 5 heteroatoms. The van der Waals surface area contributed by atoms with Crippen molar-refractivity contribution in [2.24, 2.45) is 22.2 Å². The van der Waals surface area contributed by atoms with Crippen LogP contribution in [0.25, 0.3) is 0 Å². The molecule has 0 amide bonds. The first kappa shape index (κ1) is 24.0. The van der Waals surface area contributed by atoms with Gasteiger partial charge in [0.15, 0.2) is 0 Å². The minimum Gasteiger partial charge on any atom is -0.512 e. The molecule has 1 fully saturated rings. The highest BCUT2D eigenvalue weighted by atomic mass is 16.3. The van der Waals surface area contributed by atoms with E-state index in [0.29, 0.717) is 36.8 Å². The number of aliphatic hydroxyl groups excluding tert-OH is 2. The summed E-state index contributed by atoms with van der Waals surface area (Å²) in [7, 11) is 0. The number of phenolic OH excluding ortho intramolecular Hbond substituents is 2. The van der Waals surface area contributed by atoms with Gasteiger partial charge in [-0.15, -0.1) is 0 Å². The van der Waals surface area contributed by atoms with Crippen LogP contribution in [0.15, 0.2) is 47.5 Å². The normalized spacial score (nSPS) is 29.3. The fraction of sp³-hybridized carbons (Fsp3) is 0.519. The van der Waals surface area contributed by atoms with Crippen molar-refractivity contribution in [3.8, 4) is 11.5 Å². The molecular weight excluding hydrogens is 404 g/mol. The van der Waals surface area contributed by atoms with Crippen molar-refractivity contribution < 1.29 is 25.2 Å². The minimum atomic E-state index is -0.464. The minimum absolute atomic E-state index is 0.0521. The highest BCUT2D eigenvalue weighted by Gasteiger charge is 2.64. The van der Waals surface area contributed by atoms with Gasteiger partial charge in [-0.3, -0.25) is 4.79 Å². The molecule has 0 heterocycles. The Balaban J connectivity index is 1.76. The average molecular weight is 441 g/mol. The molecule has 1 saturated carbocycles. The molecule has 2 aliphatic carbocycles. The Kier molecular flexibility index (Phi) is 6.01. The summed E-state index contributed by atoms with van der Waals surface area (Å²) < 4.78 is 0. The fourth-order valence-electron chi connectivity index (χ4n) is 5.89. The van der Waals surface area contributed by atoms with E-state index < -0.39 is 10.8 Å². The third kappa shape index (κ3) is 3.94. The summed E-state index contributed by atoms with van der Waals surface area (Å²) in [6.45, 7) is 12.0. The van der Waals surface area contributed by atoms with Crippen LogP contribution in [0.4, 0.5) is 0 Å². The van der Waals surface area contributed by atoms with Crippen molar-refractivity contribution in [2.45, 2.75) is 67.2 Å². The Hall–Kier alpha value is -2.69. The molecule has 2 bridgehead atoms. The van der Waals surface area contributed by atoms with Crippen LogP contribution in [-0.4, -0.2) is 26.2 Å². The van der Waals surface area contributed by atoms with Gasteiger partial charge in [0, 0.05) is 35.8 Å². The number of hydrogen-bond acceptors (Lipinski definition) is 5. The third-order valence-corrected chi connectivity index (χ3v) is 8.31. The summed E-state index contributed by atoms with van der Waals surface area (Å²) in [5, 5.41) is 40.9. The number of phenols is 2. The van der Waals surface area contributed by atoms with Gasteiger partial charge in [0.1, 0.15) is 23.0 Å². The maximum Gasteiger partial charge on any atom is 0.137 e. The Morgan fingerprint density at radius 2 is 1.78 bits per heavy atom. The van der Waals surface area contributed by atoms with Crippen molar-refractivity contribution in [2.75, 3.05) is 0 Å². The zero-order chi connectivity index (χ0) is 24.1. The molecule has 4 N–H and O–H groups in total. The SMILES string of the molecule is C/C(=C\Cc1cc(O)cc(C)c1O)CC(=O)C[C@]1(C)C[C@H]2C(O)=CC(O)=C[C@]1(C)C2(C)C. The van der Waals surface area contributed by atoms with E-state index in [4.69, 9.17) is 0 Å². The first-order valence-electron chi connectivity index (χ1n) is 11.2. The van der Waals surface area contributed by atoms with Crippen molar-refractivity contribution in [1.29, 1.82) is 0 Å². The second-order valence-corrected chi connectivity index (χ2v) is 10.8. The largest absolute Gasteiger partial charge is 0.512 e. The molecule has 0 saturated heterocycles. The molecule has 1 aromatic carbocycles. The summed E-state index contributed by atoms with van der Waals surface area (Å²) in [6.07, 6.45) is 6.92. The number of carbonyl (C=O) groups is 1. The van der Waals surface area contributed by atoms with Crippen molar-refractivity contribution in [3.05, 3.63) is 58.6 Å². The van der Waals surface area contributed by atoms with Gasteiger partial charge in [-0.2, -0.15) is 0 Å². The predicted octanol–water partition coefficient (Wildman–Crippen LogP) is 6.20. The smallest absolute Gasteiger partial charge is 0.137 e. The average Bonchev–Trinajstić information content (AvgIpc) is 2.76. The lowest BCUT2D eigenvalue weighted by Gasteiger charge is -2.46. The second-order valence-electron chi connectivity index (χ2n) is 10.8. The van der Waals surface area contributed by atoms with E-state index in [9.17, 15) is 25.2 Å². The van der Waals surface area contributed by atoms with Crippen LogP contribution in [0.2, 0.25) is 0 Å². The number of benzene rings is 1. The van der Waals surface area contributed by atoms with E-state index in [0.717, 1.165) is 5.57 Å². The Morgan fingerprint density at radius 3 is 2.44 bits per heavy atom. The summed E-state index contributed by atoms with van der Waals surface area (Å²) in [6, 6.07) is 3.06. The van der Waals surface area contributed by atoms with Crippen LogP contribution < -0.4 is 0 Å². The van der Waals surface area contributed by atoms with Crippen LogP contribution in [0, 0.1) is 29.1 Å². The van der Waals surface area contributed by atoms with Crippen molar-refractivity contribution in [3.63, 3.8) is 0 Å². The number of hydrogen-bond donors (Lipinski definition) is 4. The number of aromatic hydroxyl groups is 2. The van der Waals surface area contributed by atoms with E-state index in [1.165, 1.54) is 12.1 Å². The van der Waals surface area contributed by atoms with Gasteiger partial charge in [0.25, 0.3) is 0 Å². The topological polar surface area (TPSA) is 98.0 Å². The second kappa shape index (κ2) is 8.02. The van der Waals surface area contributed by atoms with E-state index in [1.807, 2.05) is 19.1 Å². The zero-order valence-corrected chi connectivity index (χ0v) is 20.0. The molecule has 1 aromatic rings. The molecule has 0 aromatic heterocycles. The Morgan fingerprint density at radius 1 is 1.12 bits per heavy atom. The zero-order valence-electron chi connectivity index (χ0n) is 20.0.